The van der Waals surface area contributed by atoms with Gasteiger partial charge in [-0.1, -0.05) is 36.4 Å². The Balaban J connectivity index is 1.38. The van der Waals surface area contributed by atoms with Gasteiger partial charge < -0.3 is 10.2 Å². The Kier molecular flexibility index (Phi) is 4.86. The maximum atomic E-state index is 13.3. The van der Waals surface area contributed by atoms with E-state index in [0.29, 0.717) is 12.5 Å². The molecule has 1 unspecified atom stereocenters. The zero-order valence-electron chi connectivity index (χ0n) is 16.0. The van der Waals surface area contributed by atoms with Gasteiger partial charge in [0.1, 0.15) is 0 Å². The number of amides is 1. The summed E-state index contributed by atoms with van der Waals surface area (Å²) in [4.78, 5) is 24.8. The summed E-state index contributed by atoms with van der Waals surface area (Å²) in [6.07, 6.45) is 4.10. The van der Waals surface area contributed by atoms with Crippen LogP contribution in [0, 0.1) is 5.92 Å². The molecule has 5 nitrogen and oxygen atoms in total. The number of piperidine rings is 1. The highest BCUT2D eigenvalue weighted by atomic mass is 32.1. The molecule has 0 spiro atoms. The highest BCUT2D eigenvalue weighted by Crippen LogP contribution is 2.27. The molecule has 0 bridgehead atoms. The zero-order valence-corrected chi connectivity index (χ0v) is 16.9. The van der Waals surface area contributed by atoms with Crippen LogP contribution < -0.4 is 10.2 Å². The van der Waals surface area contributed by atoms with Crippen molar-refractivity contribution in [3.05, 3.63) is 65.7 Å². The van der Waals surface area contributed by atoms with Gasteiger partial charge in [-0.15, -0.1) is 11.3 Å². The number of rotatable bonds is 4. The number of benzene rings is 2. The lowest BCUT2D eigenvalue weighted by Gasteiger charge is -2.32. The lowest BCUT2D eigenvalue weighted by molar-refractivity contribution is 0.0949. The number of aromatic nitrogens is 2. The molecule has 0 saturated carbocycles. The first-order valence-corrected chi connectivity index (χ1v) is 10.9. The maximum Gasteiger partial charge on any atom is 0.252 e. The Bertz CT molecular complexity index is 1100. The van der Waals surface area contributed by atoms with Crippen LogP contribution in [0.15, 0.2) is 60.1 Å². The average Bonchev–Trinajstić information content (AvgIpc) is 3.31. The number of carbonyl (C=O) groups is 1. The Morgan fingerprint density at radius 3 is 2.52 bits per heavy atom. The fraction of sp³-hybridized carbons (Fsp3) is 0.261. The van der Waals surface area contributed by atoms with Gasteiger partial charge in [-0.05, 0) is 30.9 Å². The fourth-order valence-electron chi connectivity index (χ4n) is 4.19. The van der Waals surface area contributed by atoms with Crippen molar-refractivity contribution in [2.75, 3.05) is 24.5 Å². The van der Waals surface area contributed by atoms with Crippen LogP contribution >= 0.6 is 11.3 Å². The van der Waals surface area contributed by atoms with Gasteiger partial charge >= 0.3 is 0 Å². The Morgan fingerprint density at radius 2 is 1.83 bits per heavy atom. The third kappa shape index (κ3) is 3.56. The summed E-state index contributed by atoms with van der Waals surface area (Å²) in [6, 6.07) is 15.7. The molecule has 6 heteroatoms. The smallest absolute Gasteiger partial charge is 0.252 e. The van der Waals surface area contributed by atoms with Crippen molar-refractivity contribution in [1.29, 1.82) is 0 Å². The first kappa shape index (κ1) is 18.1. The van der Waals surface area contributed by atoms with Crippen molar-refractivity contribution < 1.29 is 4.79 Å². The minimum absolute atomic E-state index is 0.0221. The number of anilines is 1. The second kappa shape index (κ2) is 7.79. The molecule has 146 valence electrons. The van der Waals surface area contributed by atoms with Gasteiger partial charge in [0.25, 0.3) is 5.91 Å². The first-order valence-electron chi connectivity index (χ1n) is 10.00. The lowest BCUT2D eigenvalue weighted by atomic mass is 9.97. The molecule has 2 aromatic carbocycles. The molecular formula is C23H22N4OS. The lowest BCUT2D eigenvalue weighted by Crippen LogP contribution is -2.41. The average molecular weight is 403 g/mol. The molecule has 1 aliphatic heterocycles. The second-order valence-corrected chi connectivity index (χ2v) is 8.37. The Morgan fingerprint density at radius 1 is 1.10 bits per heavy atom. The SMILES string of the molecule is O=C(NCC1CCCN(c2nccs2)C1)c1c2ccccc2nc2ccccc12. The van der Waals surface area contributed by atoms with E-state index in [2.05, 4.69) is 15.2 Å². The predicted molar refractivity (Wildman–Crippen MR) is 119 cm³/mol. The number of nitrogens with zero attached hydrogens (tertiary/aromatic N) is 3. The predicted octanol–water partition coefficient (Wildman–Crippen LogP) is 4.49. The van der Waals surface area contributed by atoms with Gasteiger partial charge in [0.05, 0.1) is 16.6 Å². The molecule has 1 saturated heterocycles. The van der Waals surface area contributed by atoms with E-state index < -0.39 is 0 Å². The Labute approximate surface area is 173 Å². The normalized spacial score (nSPS) is 17.0. The highest BCUT2D eigenvalue weighted by Gasteiger charge is 2.23. The minimum atomic E-state index is -0.0221. The molecule has 5 rings (SSSR count). The molecule has 1 aliphatic rings. The van der Waals surface area contributed by atoms with E-state index in [0.717, 1.165) is 58.4 Å². The van der Waals surface area contributed by atoms with E-state index in [-0.39, 0.29) is 5.91 Å². The maximum absolute atomic E-state index is 13.3. The van der Waals surface area contributed by atoms with Gasteiger partial charge in [-0.3, -0.25) is 4.79 Å². The van der Waals surface area contributed by atoms with Crippen LogP contribution in [0.1, 0.15) is 23.2 Å². The monoisotopic (exact) mass is 402 g/mol. The quantitative estimate of drug-likeness (QED) is 0.511. The number of hydrogen-bond acceptors (Lipinski definition) is 5. The molecule has 3 heterocycles. The summed E-state index contributed by atoms with van der Waals surface area (Å²) >= 11 is 1.68. The van der Waals surface area contributed by atoms with E-state index >= 15 is 0 Å². The number of para-hydroxylation sites is 2. The fourth-order valence-corrected chi connectivity index (χ4v) is 4.87. The molecule has 1 amide bonds. The Hall–Kier alpha value is -2.99. The molecule has 1 fully saturated rings. The van der Waals surface area contributed by atoms with Crippen molar-refractivity contribution in [2.24, 2.45) is 5.92 Å². The van der Waals surface area contributed by atoms with Crippen LogP contribution in [-0.2, 0) is 0 Å². The summed E-state index contributed by atoms with van der Waals surface area (Å²) in [7, 11) is 0. The third-order valence-electron chi connectivity index (χ3n) is 5.57. The van der Waals surface area contributed by atoms with Crippen molar-refractivity contribution in [3.8, 4) is 0 Å². The van der Waals surface area contributed by atoms with E-state index in [4.69, 9.17) is 4.98 Å². The molecule has 1 atom stereocenters. The number of hydrogen-bond donors (Lipinski definition) is 1. The second-order valence-electron chi connectivity index (χ2n) is 7.50. The first-order chi connectivity index (χ1) is 14.3. The molecule has 1 N–H and O–H groups in total. The largest absolute Gasteiger partial charge is 0.352 e. The van der Waals surface area contributed by atoms with Crippen molar-refractivity contribution >= 4 is 44.2 Å². The standard InChI is InChI=1S/C23H22N4OS/c28-22(25-14-16-6-5-12-27(15-16)23-24-11-13-29-23)21-17-7-1-3-9-19(17)26-20-10-4-2-8-18(20)21/h1-4,7-11,13,16H,5-6,12,14-15H2,(H,25,28). The highest BCUT2D eigenvalue weighted by molar-refractivity contribution is 7.13. The molecule has 2 aromatic heterocycles. The number of nitrogens with one attached hydrogen (secondary N) is 1. The summed E-state index contributed by atoms with van der Waals surface area (Å²) in [5.74, 6) is 0.405. The van der Waals surface area contributed by atoms with E-state index in [1.54, 1.807) is 11.3 Å². The van der Waals surface area contributed by atoms with Crippen LogP contribution in [-0.4, -0.2) is 35.5 Å². The third-order valence-corrected chi connectivity index (χ3v) is 6.41. The van der Waals surface area contributed by atoms with E-state index in [9.17, 15) is 4.79 Å². The van der Waals surface area contributed by atoms with Gasteiger partial charge in [-0.25, -0.2) is 9.97 Å². The summed E-state index contributed by atoms with van der Waals surface area (Å²) in [5, 5.41) is 8.10. The van der Waals surface area contributed by atoms with Crippen LogP contribution in [0.2, 0.25) is 0 Å². The summed E-state index contributed by atoms with van der Waals surface area (Å²) in [6.45, 7) is 2.65. The molecule has 29 heavy (non-hydrogen) atoms. The van der Waals surface area contributed by atoms with Crippen molar-refractivity contribution in [1.82, 2.24) is 15.3 Å². The topological polar surface area (TPSA) is 58.1 Å². The molecular weight excluding hydrogens is 380 g/mol. The van der Waals surface area contributed by atoms with Gasteiger partial charge in [0, 0.05) is 42.0 Å². The van der Waals surface area contributed by atoms with Gasteiger partial charge in [-0.2, -0.15) is 0 Å². The molecule has 4 aromatic rings. The van der Waals surface area contributed by atoms with Crippen LogP contribution in [0.4, 0.5) is 5.13 Å². The molecule has 0 radical (unpaired) electrons. The van der Waals surface area contributed by atoms with Crippen LogP contribution in [0.3, 0.4) is 0 Å². The summed E-state index contributed by atoms with van der Waals surface area (Å²) in [5.41, 5.74) is 2.42. The van der Waals surface area contributed by atoms with E-state index in [1.165, 1.54) is 0 Å². The van der Waals surface area contributed by atoms with Crippen molar-refractivity contribution in [2.45, 2.75) is 12.8 Å². The van der Waals surface area contributed by atoms with Gasteiger partial charge in [0.15, 0.2) is 5.13 Å². The summed E-state index contributed by atoms with van der Waals surface area (Å²) < 4.78 is 0. The minimum Gasteiger partial charge on any atom is -0.352 e. The molecule has 0 aliphatic carbocycles. The van der Waals surface area contributed by atoms with Crippen LogP contribution in [0.5, 0.6) is 0 Å². The number of pyridine rings is 1. The van der Waals surface area contributed by atoms with Crippen molar-refractivity contribution in [3.63, 3.8) is 0 Å². The van der Waals surface area contributed by atoms with Crippen LogP contribution in [0.25, 0.3) is 21.8 Å². The zero-order chi connectivity index (χ0) is 19.6. The number of fused-ring (bicyclic) bond motifs is 2. The number of thiazole rings is 1. The van der Waals surface area contributed by atoms with Gasteiger partial charge in [0.2, 0.25) is 0 Å². The van der Waals surface area contributed by atoms with E-state index in [1.807, 2.05) is 60.1 Å². The number of carbonyl (C=O) groups excluding carboxylic acids is 1.